The minimum absolute atomic E-state index is 0.767. The molecule has 0 N–H and O–H groups in total. The minimum Gasteiger partial charge on any atom is -0.455 e. The van der Waals surface area contributed by atoms with E-state index in [1.165, 1.54) is 0 Å². The smallest absolute Gasteiger partial charge is 0.159 e. The predicted octanol–water partition coefficient (Wildman–Crippen LogP) is 23.3. The van der Waals surface area contributed by atoms with Crippen LogP contribution in [0, 0.1) is 0 Å². The molecular formula is C80H50N2O3. The molecule has 0 bridgehead atoms. The zero-order valence-corrected chi connectivity index (χ0v) is 46.0. The number of benzene rings is 14. The highest BCUT2D eigenvalue weighted by molar-refractivity contribution is 6.28. The van der Waals surface area contributed by atoms with Gasteiger partial charge in [0.15, 0.2) is 11.2 Å². The summed E-state index contributed by atoms with van der Waals surface area (Å²) in [4.78, 5) is 4.77. The van der Waals surface area contributed by atoms with E-state index < -0.39 is 0 Å². The average molecular weight is 1090 g/mol. The lowest BCUT2D eigenvalue weighted by Gasteiger charge is -2.28. The molecule has 0 spiro atoms. The van der Waals surface area contributed by atoms with Gasteiger partial charge in [0.25, 0.3) is 0 Å². The van der Waals surface area contributed by atoms with Crippen molar-refractivity contribution in [1.29, 1.82) is 0 Å². The van der Waals surface area contributed by atoms with Gasteiger partial charge in [-0.2, -0.15) is 0 Å². The fraction of sp³-hybridized carbons (Fsp3) is 0. The summed E-state index contributed by atoms with van der Waals surface area (Å²) < 4.78 is 21.9. The molecule has 14 aromatic carbocycles. The van der Waals surface area contributed by atoms with E-state index in [0.29, 0.717) is 0 Å². The highest BCUT2D eigenvalue weighted by atomic mass is 16.3. The van der Waals surface area contributed by atoms with Crippen molar-refractivity contribution in [3.8, 4) is 44.5 Å². The fourth-order valence-electron chi connectivity index (χ4n) is 13.2. The SMILES string of the molecule is c1ccc(-c2cccc(N(c3cc4c(oc5cc(N(c6cccc(-c7ccccc7)c6)c6cccc7c6oc6c(-c8ccccc8)cccc67)c6ccccc6c54)c4ccccc34)c3cccc4c3oc3c(-c5ccccc5)cccc34)c2)cc1. The van der Waals surface area contributed by atoms with Crippen molar-refractivity contribution in [3.63, 3.8) is 0 Å². The first kappa shape index (κ1) is 48.3. The van der Waals surface area contributed by atoms with Gasteiger partial charge < -0.3 is 23.1 Å². The molecule has 0 atom stereocenters. The maximum atomic E-state index is 7.43. The van der Waals surface area contributed by atoms with Crippen molar-refractivity contribution in [2.45, 2.75) is 0 Å². The quantitative estimate of drug-likeness (QED) is 0.137. The monoisotopic (exact) mass is 1090 g/mol. The second-order valence-electron chi connectivity index (χ2n) is 21.8. The molecule has 0 amide bonds. The van der Waals surface area contributed by atoms with Crippen LogP contribution in [0.4, 0.5) is 34.1 Å². The molecule has 0 radical (unpaired) electrons. The number of para-hydroxylation sites is 4. The van der Waals surface area contributed by atoms with Crippen molar-refractivity contribution in [2.75, 3.05) is 9.80 Å². The Kier molecular flexibility index (Phi) is 11.2. The standard InChI is InChI=1S/C80H50N2O3/c1-5-23-51(24-6-1)55-31-17-33-57(47-55)81(70-45-21-43-67-65-41-19-39-59(76(65)84-79(67)70)53-27-9-3-10-28-53)72-49-69-75-63-37-15-13-35-61(63)73(50-74(75)83-78(69)64-38-16-14-36-62(64)72)82(58-34-18-32-56(48-58)52-25-7-2-8-26-52)71-46-22-44-68-66-42-20-40-60(77(66)85-80(68)71)54-29-11-4-12-30-54/h1-50H. The summed E-state index contributed by atoms with van der Waals surface area (Å²) in [5.41, 5.74) is 19.4. The number of nitrogens with zero attached hydrogens (tertiary/aromatic N) is 2. The van der Waals surface area contributed by atoms with Gasteiger partial charge in [0.2, 0.25) is 0 Å². The molecule has 3 heterocycles. The van der Waals surface area contributed by atoms with E-state index in [0.717, 1.165) is 166 Å². The second kappa shape index (κ2) is 19.7. The summed E-state index contributed by atoms with van der Waals surface area (Å²) in [6.45, 7) is 0. The fourth-order valence-corrected chi connectivity index (χ4v) is 13.2. The molecule has 0 unspecified atom stereocenters. The van der Waals surface area contributed by atoms with Crippen LogP contribution in [0.2, 0.25) is 0 Å². The Balaban J connectivity index is 0.932. The molecule has 3 aromatic heterocycles. The molecule has 5 heteroatoms. The van der Waals surface area contributed by atoms with Crippen LogP contribution in [0.15, 0.2) is 317 Å². The van der Waals surface area contributed by atoms with Crippen LogP contribution < -0.4 is 9.80 Å². The third-order valence-electron chi connectivity index (χ3n) is 17.0. The minimum atomic E-state index is 0.767. The van der Waals surface area contributed by atoms with Gasteiger partial charge in [-0.05, 0) is 81.2 Å². The number of furan rings is 3. The average Bonchev–Trinajstić information content (AvgIpc) is 1.88. The largest absolute Gasteiger partial charge is 0.455 e. The molecule has 0 saturated heterocycles. The molecule has 85 heavy (non-hydrogen) atoms. The molecule has 0 saturated carbocycles. The molecular weight excluding hydrogens is 1040 g/mol. The van der Waals surface area contributed by atoms with Gasteiger partial charge in [0.1, 0.15) is 22.3 Å². The number of fused-ring (bicyclic) bond motifs is 13. The Hall–Kier alpha value is -11.4. The lowest BCUT2D eigenvalue weighted by Crippen LogP contribution is -2.11. The highest BCUT2D eigenvalue weighted by Gasteiger charge is 2.28. The van der Waals surface area contributed by atoms with E-state index in [1.807, 2.05) is 0 Å². The van der Waals surface area contributed by atoms with Crippen LogP contribution >= 0.6 is 0 Å². The maximum absolute atomic E-state index is 7.43. The zero-order valence-electron chi connectivity index (χ0n) is 46.0. The predicted molar refractivity (Wildman–Crippen MR) is 354 cm³/mol. The molecule has 398 valence electrons. The molecule has 17 rings (SSSR count). The summed E-state index contributed by atoms with van der Waals surface area (Å²) >= 11 is 0. The third kappa shape index (κ3) is 7.86. The number of anilines is 6. The lowest BCUT2D eigenvalue weighted by molar-refractivity contribution is 0.669. The Morgan fingerprint density at radius 3 is 1.05 bits per heavy atom. The molecule has 0 aliphatic carbocycles. The van der Waals surface area contributed by atoms with Gasteiger partial charge in [0.05, 0.1) is 22.7 Å². The van der Waals surface area contributed by atoms with E-state index in [2.05, 4.69) is 313 Å². The van der Waals surface area contributed by atoms with Crippen molar-refractivity contribution in [3.05, 3.63) is 303 Å². The Morgan fingerprint density at radius 2 is 0.553 bits per heavy atom. The van der Waals surface area contributed by atoms with Crippen LogP contribution in [-0.4, -0.2) is 0 Å². The van der Waals surface area contributed by atoms with Crippen LogP contribution in [0.1, 0.15) is 0 Å². The van der Waals surface area contributed by atoms with Crippen molar-refractivity contribution >= 4 is 121 Å². The first-order valence-electron chi connectivity index (χ1n) is 28.9. The van der Waals surface area contributed by atoms with Gasteiger partial charge in [-0.1, -0.05) is 255 Å². The van der Waals surface area contributed by atoms with Crippen molar-refractivity contribution in [2.24, 2.45) is 0 Å². The van der Waals surface area contributed by atoms with Gasteiger partial charge in [-0.3, -0.25) is 0 Å². The van der Waals surface area contributed by atoms with Gasteiger partial charge in [-0.15, -0.1) is 0 Å². The summed E-state index contributed by atoms with van der Waals surface area (Å²) in [5.74, 6) is 0. The topological polar surface area (TPSA) is 45.9 Å². The maximum Gasteiger partial charge on any atom is 0.159 e. The van der Waals surface area contributed by atoms with E-state index in [9.17, 15) is 0 Å². The molecule has 0 aliphatic rings. The summed E-state index contributed by atoms with van der Waals surface area (Å²) in [6, 6.07) is 108. The zero-order chi connectivity index (χ0) is 56.0. The Labute approximate surface area is 489 Å². The van der Waals surface area contributed by atoms with Gasteiger partial charge in [0, 0.05) is 77.0 Å². The van der Waals surface area contributed by atoms with Crippen LogP contribution in [0.25, 0.3) is 132 Å². The molecule has 17 aromatic rings. The van der Waals surface area contributed by atoms with Gasteiger partial charge >= 0.3 is 0 Å². The lowest BCUT2D eigenvalue weighted by atomic mass is 9.97. The molecule has 0 aliphatic heterocycles. The molecule has 5 nitrogen and oxygen atoms in total. The Bertz CT molecular complexity index is 5430. The number of hydrogen-bond acceptors (Lipinski definition) is 5. The highest BCUT2D eigenvalue weighted by Crippen LogP contribution is 2.53. The summed E-state index contributed by atoms with van der Waals surface area (Å²) in [5, 5.41) is 10.4. The number of rotatable bonds is 10. The normalized spacial score (nSPS) is 11.8. The van der Waals surface area contributed by atoms with Gasteiger partial charge in [-0.25, -0.2) is 0 Å². The van der Waals surface area contributed by atoms with E-state index in [-0.39, 0.29) is 0 Å². The van der Waals surface area contributed by atoms with Crippen LogP contribution in [0.3, 0.4) is 0 Å². The first-order valence-corrected chi connectivity index (χ1v) is 28.9. The van der Waals surface area contributed by atoms with Crippen LogP contribution in [0.5, 0.6) is 0 Å². The summed E-state index contributed by atoms with van der Waals surface area (Å²) in [6.07, 6.45) is 0. The first-order chi connectivity index (χ1) is 42.2. The summed E-state index contributed by atoms with van der Waals surface area (Å²) in [7, 11) is 0. The number of hydrogen-bond donors (Lipinski definition) is 0. The van der Waals surface area contributed by atoms with E-state index in [1.54, 1.807) is 0 Å². The van der Waals surface area contributed by atoms with E-state index in [4.69, 9.17) is 13.3 Å². The van der Waals surface area contributed by atoms with E-state index >= 15 is 0 Å². The second-order valence-corrected chi connectivity index (χ2v) is 21.8. The molecule has 0 fully saturated rings. The van der Waals surface area contributed by atoms with Crippen molar-refractivity contribution in [1.82, 2.24) is 0 Å². The van der Waals surface area contributed by atoms with Crippen LogP contribution in [-0.2, 0) is 0 Å². The third-order valence-corrected chi connectivity index (χ3v) is 17.0. The van der Waals surface area contributed by atoms with Crippen molar-refractivity contribution < 1.29 is 13.3 Å². The Morgan fingerprint density at radius 1 is 0.200 bits per heavy atom.